The van der Waals surface area contributed by atoms with Gasteiger partial charge < -0.3 is 20.5 Å². The highest BCUT2D eigenvalue weighted by Gasteiger charge is 2.30. The lowest BCUT2D eigenvalue weighted by Gasteiger charge is -2.15. The fraction of sp³-hybridized carbons (Fsp3) is 0.235. The number of benzene rings is 2. The van der Waals surface area contributed by atoms with E-state index in [0.29, 0.717) is 4.47 Å². The number of ether oxygens (including phenoxy) is 1. The lowest BCUT2D eigenvalue weighted by atomic mass is 10.2. The second-order valence-electron chi connectivity index (χ2n) is 5.45. The van der Waals surface area contributed by atoms with Crippen LogP contribution in [-0.2, 0) is 6.18 Å². The zero-order valence-corrected chi connectivity index (χ0v) is 15.3. The Morgan fingerprint density at radius 3 is 2.63 bits per heavy atom. The van der Waals surface area contributed by atoms with Gasteiger partial charge in [-0.25, -0.2) is 9.18 Å². The van der Waals surface area contributed by atoms with Crippen LogP contribution in [0.2, 0.25) is 0 Å². The summed E-state index contributed by atoms with van der Waals surface area (Å²) in [4.78, 5) is 11.7. The van der Waals surface area contributed by atoms with E-state index < -0.39 is 29.7 Å². The Hall–Kier alpha value is -2.33. The SMILES string of the molecule is O=C(NCC(O)COc1cccc(C(F)(F)F)c1)Nc1ccc(Br)cc1F. The van der Waals surface area contributed by atoms with Crippen molar-refractivity contribution in [3.8, 4) is 5.75 Å². The summed E-state index contributed by atoms with van der Waals surface area (Å²) in [5.74, 6) is -0.710. The molecule has 0 saturated heterocycles. The molecule has 27 heavy (non-hydrogen) atoms. The van der Waals surface area contributed by atoms with Gasteiger partial charge in [0.1, 0.15) is 24.3 Å². The molecule has 2 aromatic rings. The first-order chi connectivity index (χ1) is 12.6. The number of hydrogen-bond donors (Lipinski definition) is 3. The molecule has 146 valence electrons. The smallest absolute Gasteiger partial charge is 0.416 e. The molecule has 0 aliphatic heterocycles. The second kappa shape index (κ2) is 9.05. The van der Waals surface area contributed by atoms with Crippen LogP contribution in [0, 0.1) is 5.82 Å². The van der Waals surface area contributed by atoms with E-state index in [4.69, 9.17) is 4.74 Å². The van der Waals surface area contributed by atoms with Crippen molar-refractivity contribution < 1.29 is 32.2 Å². The van der Waals surface area contributed by atoms with Crippen molar-refractivity contribution in [1.82, 2.24) is 5.32 Å². The number of carbonyl (C=O) groups excluding carboxylic acids is 1. The highest BCUT2D eigenvalue weighted by atomic mass is 79.9. The number of aliphatic hydroxyl groups is 1. The van der Waals surface area contributed by atoms with Crippen molar-refractivity contribution in [3.63, 3.8) is 0 Å². The number of halogens is 5. The monoisotopic (exact) mass is 450 g/mol. The zero-order valence-electron chi connectivity index (χ0n) is 13.7. The minimum Gasteiger partial charge on any atom is -0.491 e. The third kappa shape index (κ3) is 6.72. The van der Waals surface area contributed by atoms with Crippen LogP contribution in [0.25, 0.3) is 0 Å². The molecular formula is C17H15BrF4N2O3. The molecule has 5 nitrogen and oxygen atoms in total. The van der Waals surface area contributed by atoms with Crippen LogP contribution in [0.1, 0.15) is 5.56 Å². The number of alkyl halides is 3. The summed E-state index contributed by atoms with van der Waals surface area (Å²) in [6.07, 6.45) is -5.68. The fourth-order valence-corrected chi connectivity index (χ4v) is 2.31. The molecule has 0 fully saturated rings. The number of carbonyl (C=O) groups is 1. The first kappa shape index (κ1) is 21.0. The summed E-state index contributed by atoms with van der Waals surface area (Å²) in [6.45, 7) is -0.586. The van der Waals surface area contributed by atoms with Crippen LogP contribution in [0.5, 0.6) is 5.75 Å². The summed E-state index contributed by atoms with van der Waals surface area (Å²) < 4.78 is 57.1. The maximum absolute atomic E-state index is 13.6. The summed E-state index contributed by atoms with van der Waals surface area (Å²) in [5.41, 5.74) is -0.922. The largest absolute Gasteiger partial charge is 0.491 e. The van der Waals surface area contributed by atoms with E-state index in [1.807, 2.05) is 0 Å². The molecule has 0 radical (unpaired) electrons. The number of rotatable bonds is 6. The van der Waals surface area contributed by atoms with Gasteiger partial charge in [0.2, 0.25) is 0 Å². The molecule has 2 aromatic carbocycles. The first-order valence-electron chi connectivity index (χ1n) is 7.63. The summed E-state index contributed by atoms with van der Waals surface area (Å²) >= 11 is 3.09. The van der Waals surface area contributed by atoms with E-state index in [2.05, 4.69) is 26.6 Å². The molecule has 10 heteroatoms. The van der Waals surface area contributed by atoms with Crippen molar-refractivity contribution in [2.45, 2.75) is 12.3 Å². The minimum atomic E-state index is -4.50. The van der Waals surface area contributed by atoms with Crippen LogP contribution in [0.4, 0.5) is 28.0 Å². The molecule has 2 rings (SSSR count). The average molecular weight is 451 g/mol. The number of urea groups is 1. The molecule has 3 N–H and O–H groups in total. The summed E-state index contributed by atoms with van der Waals surface area (Å²) in [6, 6.07) is 7.52. The highest BCUT2D eigenvalue weighted by Crippen LogP contribution is 2.31. The molecule has 1 atom stereocenters. The first-order valence-corrected chi connectivity index (χ1v) is 8.42. The van der Waals surface area contributed by atoms with Crippen LogP contribution < -0.4 is 15.4 Å². The Labute approximate surface area is 160 Å². The molecule has 0 heterocycles. The quantitative estimate of drug-likeness (QED) is 0.578. The normalized spacial score (nSPS) is 12.4. The lowest BCUT2D eigenvalue weighted by Crippen LogP contribution is -2.37. The van der Waals surface area contributed by atoms with Crippen LogP contribution in [0.3, 0.4) is 0 Å². The standard InChI is InChI=1S/C17H15BrF4N2O3/c18-11-4-5-15(14(19)7-11)24-16(26)23-8-12(25)9-27-13-3-1-2-10(6-13)17(20,21)22/h1-7,12,25H,8-9H2,(H2,23,24,26). The molecule has 1 unspecified atom stereocenters. The maximum Gasteiger partial charge on any atom is 0.416 e. The van der Waals surface area contributed by atoms with Crippen molar-refractivity contribution in [2.75, 3.05) is 18.5 Å². The van der Waals surface area contributed by atoms with E-state index in [1.54, 1.807) is 0 Å². The Balaban J connectivity index is 1.79. The molecule has 0 bridgehead atoms. The van der Waals surface area contributed by atoms with Crippen molar-refractivity contribution in [2.24, 2.45) is 0 Å². The molecule has 0 aliphatic rings. The zero-order chi connectivity index (χ0) is 20.0. The average Bonchev–Trinajstić information content (AvgIpc) is 2.60. The van der Waals surface area contributed by atoms with Gasteiger partial charge in [-0.15, -0.1) is 0 Å². The predicted octanol–water partition coefficient (Wildman–Crippen LogP) is 4.17. The van der Waals surface area contributed by atoms with Crippen LogP contribution in [0.15, 0.2) is 46.9 Å². The molecule has 0 spiro atoms. The van der Waals surface area contributed by atoms with E-state index in [1.165, 1.54) is 30.3 Å². The summed E-state index contributed by atoms with van der Waals surface area (Å²) in [5, 5.41) is 14.3. The van der Waals surface area contributed by atoms with E-state index in [-0.39, 0.29) is 24.6 Å². The van der Waals surface area contributed by atoms with Gasteiger partial charge >= 0.3 is 12.2 Å². The fourth-order valence-electron chi connectivity index (χ4n) is 1.98. The highest BCUT2D eigenvalue weighted by molar-refractivity contribution is 9.10. The number of anilines is 1. The maximum atomic E-state index is 13.6. The van der Waals surface area contributed by atoms with Crippen molar-refractivity contribution in [1.29, 1.82) is 0 Å². The van der Waals surface area contributed by atoms with Gasteiger partial charge in [0, 0.05) is 11.0 Å². The number of amides is 2. The van der Waals surface area contributed by atoms with Gasteiger partial charge in [-0.05, 0) is 36.4 Å². The molecule has 0 aliphatic carbocycles. The van der Waals surface area contributed by atoms with E-state index in [9.17, 15) is 27.5 Å². The van der Waals surface area contributed by atoms with Gasteiger partial charge in [0.05, 0.1) is 11.3 Å². The number of nitrogens with one attached hydrogen (secondary N) is 2. The topological polar surface area (TPSA) is 70.6 Å². The Morgan fingerprint density at radius 1 is 1.22 bits per heavy atom. The number of aliphatic hydroxyl groups excluding tert-OH is 1. The number of hydrogen-bond acceptors (Lipinski definition) is 3. The summed E-state index contributed by atoms with van der Waals surface area (Å²) in [7, 11) is 0. The van der Waals surface area contributed by atoms with Crippen molar-refractivity contribution >= 4 is 27.6 Å². The molecule has 0 aromatic heterocycles. The van der Waals surface area contributed by atoms with Gasteiger partial charge in [0.25, 0.3) is 0 Å². The van der Waals surface area contributed by atoms with Crippen molar-refractivity contribution in [3.05, 3.63) is 58.3 Å². The van der Waals surface area contributed by atoms with Crippen LogP contribution >= 0.6 is 15.9 Å². The molecule has 0 saturated carbocycles. The lowest BCUT2D eigenvalue weighted by molar-refractivity contribution is -0.137. The van der Waals surface area contributed by atoms with Gasteiger partial charge in [-0.2, -0.15) is 13.2 Å². The Bertz CT molecular complexity index is 802. The predicted molar refractivity (Wildman–Crippen MR) is 94.1 cm³/mol. The second-order valence-corrected chi connectivity index (χ2v) is 6.37. The third-order valence-corrected chi connectivity index (χ3v) is 3.77. The molecular weight excluding hydrogens is 436 g/mol. The van der Waals surface area contributed by atoms with Crippen LogP contribution in [-0.4, -0.2) is 30.4 Å². The minimum absolute atomic E-state index is 0.0506. The van der Waals surface area contributed by atoms with E-state index >= 15 is 0 Å². The van der Waals surface area contributed by atoms with Gasteiger partial charge in [-0.3, -0.25) is 0 Å². The third-order valence-electron chi connectivity index (χ3n) is 3.28. The Kier molecular flexibility index (Phi) is 7.03. The molecule has 2 amide bonds. The van der Waals surface area contributed by atoms with Gasteiger partial charge in [0.15, 0.2) is 0 Å². The Morgan fingerprint density at radius 2 is 1.96 bits per heavy atom. The van der Waals surface area contributed by atoms with Gasteiger partial charge in [-0.1, -0.05) is 22.0 Å². The van der Waals surface area contributed by atoms with E-state index in [0.717, 1.165) is 12.1 Å².